The zero-order valence-corrected chi connectivity index (χ0v) is 14.8. The van der Waals surface area contributed by atoms with E-state index in [1.807, 2.05) is 0 Å². The minimum atomic E-state index is -4.66. The lowest BCUT2D eigenvalue weighted by Gasteiger charge is -2.25. The number of nitrogens with one attached hydrogen (secondary N) is 1. The maximum Gasteiger partial charge on any atom is 0.417 e. The smallest absolute Gasteiger partial charge is 0.417 e. The number of anilines is 1. The normalized spacial score (nSPS) is 22.5. The number of alkyl halides is 3. The van der Waals surface area contributed by atoms with Gasteiger partial charge in [-0.05, 0) is 37.1 Å². The van der Waals surface area contributed by atoms with E-state index in [1.165, 1.54) is 10.9 Å². The average Bonchev–Trinajstić information content (AvgIpc) is 3.26. The summed E-state index contributed by atoms with van der Waals surface area (Å²) in [4.78, 5) is 8.44. The highest BCUT2D eigenvalue weighted by atomic mass is 19.4. The molecule has 1 saturated carbocycles. The molecule has 0 amide bonds. The van der Waals surface area contributed by atoms with Gasteiger partial charge in [-0.25, -0.2) is 4.98 Å². The van der Waals surface area contributed by atoms with Gasteiger partial charge in [0.1, 0.15) is 5.75 Å². The molecule has 28 heavy (non-hydrogen) atoms. The highest BCUT2D eigenvalue weighted by molar-refractivity contribution is 5.72. The first-order valence-electron chi connectivity index (χ1n) is 8.58. The van der Waals surface area contributed by atoms with Gasteiger partial charge < -0.3 is 15.2 Å². The van der Waals surface area contributed by atoms with Gasteiger partial charge in [0.15, 0.2) is 16.8 Å². The van der Waals surface area contributed by atoms with Crippen molar-refractivity contribution in [3.8, 4) is 11.4 Å². The predicted octanol–water partition coefficient (Wildman–Crippen LogP) is 2.48. The molecule has 0 bridgehead atoms. The molecule has 0 aliphatic heterocycles. The van der Waals surface area contributed by atoms with Crippen LogP contribution in [-0.2, 0) is 0 Å². The Bertz CT molecular complexity index is 991. The van der Waals surface area contributed by atoms with E-state index in [4.69, 9.17) is 4.74 Å². The Labute approximate surface area is 157 Å². The molecule has 11 heteroatoms. The van der Waals surface area contributed by atoms with E-state index in [9.17, 15) is 18.3 Å². The largest absolute Gasteiger partial charge is 0.497 e. The summed E-state index contributed by atoms with van der Waals surface area (Å²) in [7, 11) is 1.56. The molecule has 1 aliphatic rings. The van der Waals surface area contributed by atoms with Crippen LogP contribution in [0.5, 0.6) is 5.75 Å². The van der Waals surface area contributed by atoms with Crippen molar-refractivity contribution < 1.29 is 23.0 Å². The van der Waals surface area contributed by atoms with Gasteiger partial charge in [0.05, 0.1) is 19.0 Å². The fourth-order valence-electron chi connectivity index (χ4n) is 3.28. The SMILES string of the molecule is COc1ccc(-n2nnc3cnc(NC4CCC(O)(C(F)(F)F)C4)nc32)cc1. The van der Waals surface area contributed by atoms with Gasteiger partial charge in [-0.1, -0.05) is 5.21 Å². The van der Waals surface area contributed by atoms with Crippen LogP contribution in [0.15, 0.2) is 30.5 Å². The van der Waals surface area contributed by atoms with E-state index in [-0.39, 0.29) is 18.8 Å². The van der Waals surface area contributed by atoms with Crippen molar-refractivity contribution in [3.63, 3.8) is 0 Å². The topological polar surface area (TPSA) is 98.0 Å². The Hall–Kier alpha value is -2.95. The first-order valence-corrected chi connectivity index (χ1v) is 8.58. The second-order valence-corrected chi connectivity index (χ2v) is 6.72. The van der Waals surface area contributed by atoms with Crippen LogP contribution in [0.4, 0.5) is 19.1 Å². The summed E-state index contributed by atoms with van der Waals surface area (Å²) in [6.07, 6.45) is -3.86. The standard InChI is InChI=1S/C17H17F3N6O2/c1-28-12-4-2-11(3-5-12)26-14-13(24-25-26)9-21-15(23-14)22-10-6-7-16(27,8-10)17(18,19)20/h2-5,9-10,27H,6-8H2,1H3,(H,21,22,23). The van der Waals surface area contributed by atoms with E-state index in [2.05, 4.69) is 25.6 Å². The summed E-state index contributed by atoms with van der Waals surface area (Å²) in [6, 6.07) is 6.50. The molecule has 148 valence electrons. The Balaban J connectivity index is 1.58. The van der Waals surface area contributed by atoms with Crippen molar-refractivity contribution in [1.29, 1.82) is 0 Å². The van der Waals surface area contributed by atoms with E-state index < -0.39 is 24.2 Å². The number of benzene rings is 1. The van der Waals surface area contributed by atoms with Crippen LogP contribution in [0.2, 0.25) is 0 Å². The Morgan fingerprint density at radius 1 is 1.29 bits per heavy atom. The molecule has 2 N–H and O–H groups in total. The molecule has 0 saturated heterocycles. The second kappa shape index (κ2) is 6.59. The van der Waals surface area contributed by atoms with Gasteiger partial charge in [-0.15, -0.1) is 5.10 Å². The monoisotopic (exact) mass is 394 g/mol. The van der Waals surface area contributed by atoms with Crippen LogP contribution >= 0.6 is 0 Å². The zero-order chi connectivity index (χ0) is 19.9. The van der Waals surface area contributed by atoms with Crippen molar-refractivity contribution in [2.45, 2.75) is 37.1 Å². The molecule has 3 aromatic rings. The molecule has 4 rings (SSSR count). The van der Waals surface area contributed by atoms with Crippen molar-refractivity contribution >= 4 is 17.1 Å². The van der Waals surface area contributed by atoms with Crippen LogP contribution in [0, 0.1) is 0 Å². The summed E-state index contributed by atoms with van der Waals surface area (Å²) < 4.78 is 45.6. The molecule has 2 atom stereocenters. The number of hydrogen-bond acceptors (Lipinski definition) is 7. The summed E-state index contributed by atoms with van der Waals surface area (Å²) in [5, 5.41) is 20.7. The highest BCUT2D eigenvalue weighted by Gasteiger charge is 2.57. The minimum absolute atomic E-state index is 0.154. The van der Waals surface area contributed by atoms with Crippen LogP contribution in [0.3, 0.4) is 0 Å². The van der Waals surface area contributed by atoms with Crippen molar-refractivity contribution in [2.24, 2.45) is 0 Å². The predicted molar refractivity (Wildman–Crippen MR) is 93.3 cm³/mol. The lowest BCUT2D eigenvalue weighted by atomic mass is 10.0. The van der Waals surface area contributed by atoms with E-state index in [0.29, 0.717) is 22.6 Å². The molecule has 8 nitrogen and oxygen atoms in total. The number of hydrogen-bond donors (Lipinski definition) is 2. The third-order valence-corrected chi connectivity index (χ3v) is 4.86. The van der Waals surface area contributed by atoms with Gasteiger partial charge in [0.2, 0.25) is 5.95 Å². The number of nitrogens with zero attached hydrogens (tertiary/aromatic N) is 5. The summed E-state index contributed by atoms with van der Waals surface area (Å²) >= 11 is 0. The molecule has 1 fully saturated rings. The third kappa shape index (κ3) is 3.21. The second-order valence-electron chi connectivity index (χ2n) is 6.72. The third-order valence-electron chi connectivity index (χ3n) is 4.86. The van der Waals surface area contributed by atoms with Crippen LogP contribution in [-0.4, -0.2) is 55.0 Å². The number of ether oxygens (including phenoxy) is 1. The number of methoxy groups -OCH3 is 1. The minimum Gasteiger partial charge on any atom is -0.497 e. The first-order chi connectivity index (χ1) is 13.3. The number of rotatable bonds is 4. The van der Waals surface area contributed by atoms with Crippen molar-refractivity contribution in [2.75, 3.05) is 12.4 Å². The lowest BCUT2D eigenvalue weighted by Crippen LogP contribution is -2.43. The number of aliphatic hydroxyl groups is 1. The fourth-order valence-corrected chi connectivity index (χ4v) is 3.28. The maximum atomic E-state index is 13.0. The van der Waals surface area contributed by atoms with Gasteiger partial charge >= 0.3 is 6.18 Å². The molecular weight excluding hydrogens is 377 g/mol. The van der Waals surface area contributed by atoms with Gasteiger partial charge in [-0.3, -0.25) is 0 Å². The first kappa shape index (κ1) is 18.4. The highest BCUT2D eigenvalue weighted by Crippen LogP contribution is 2.43. The van der Waals surface area contributed by atoms with Gasteiger partial charge in [-0.2, -0.15) is 22.8 Å². The van der Waals surface area contributed by atoms with Gasteiger partial charge in [0, 0.05) is 12.5 Å². The quantitative estimate of drug-likeness (QED) is 0.702. The van der Waals surface area contributed by atoms with Crippen LogP contribution in [0.25, 0.3) is 16.9 Å². The number of fused-ring (bicyclic) bond motifs is 1. The van der Waals surface area contributed by atoms with Crippen LogP contribution < -0.4 is 10.1 Å². The molecule has 2 unspecified atom stereocenters. The van der Waals surface area contributed by atoms with E-state index in [0.717, 1.165) is 0 Å². The molecule has 2 aromatic heterocycles. The summed E-state index contributed by atoms with van der Waals surface area (Å²) in [5.41, 5.74) is -1.13. The van der Waals surface area contributed by atoms with Crippen molar-refractivity contribution in [1.82, 2.24) is 25.0 Å². The van der Waals surface area contributed by atoms with Crippen molar-refractivity contribution in [3.05, 3.63) is 30.5 Å². The zero-order valence-electron chi connectivity index (χ0n) is 14.8. The Morgan fingerprint density at radius 3 is 2.68 bits per heavy atom. The summed E-state index contributed by atoms with van der Waals surface area (Å²) in [5.74, 6) is 0.838. The van der Waals surface area contributed by atoms with E-state index in [1.54, 1.807) is 31.4 Å². The summed E-state index contributed by atoms with van der Waals surface area (Å²) in [6.45, 7) is 0. The fraction of sp³-hybridized carbons (Fsp3) is 0.412. The number of halogens is 3. The molecule has 1 aromatic carbocycles. The Morgan fingerprint density at radius 2 is 2.04 bits per heavy atom. The molecule has 2 heterocycles. The lowest BCUT2D eigenvalue weighted by molar-refractivity contribution is -0.257. The van der Waals surface area contributed by atoms with Crippen LogP contribution in [0.1, 0.15) is 19.3 Å². The average molecular weight is 394 g/mol. The molecule has 0 radical (unpaired) electrons. The molecular formula is C17H17F3N6O2. The molecule has 0 spiro atoms. The van der Waals surface area contributed by atoms with E-state index >= 15 is 0 Å². The van der Waals surface area contributed by atoms with Gasteiger partial charge in [0.25, 0.3) is 0 Å². The number of aromatic nitrogens is 5. The Kier molecular flexibility index (Phi) is 4.33. The maximum absolute atomic E-state index is 13.0. The molecule has 1 aliphatic carbocycles.